The second-order valence-corrected chi connectivity index (χ2v) is 6.54. The molecule has 0 rings (SSSR count). The van der Waals surface area contributed by atoms with Crippen molar-refractivity contribution in [1.82, 2.24) is 10.2 Å². The number of nitrogens with zero attached hydrogens (tertiary/aromatic N) is 1. The van der Waals surface area contributed by atoms with Gasteiger partial charge in [0.1, 0.15) is 0 Å². The molecule has 0 saturated carbocycles. The van der Waals surface area contributed by atoms with Crippen LogP contribution in [0.15, 0.2) is 0 Å². The van der Waals surface area contributed by atoms with Crippen molar-refractivity contribution in [3.05, 3.63) is 0 Å². The first-order chi connectivity index (χ1) is 8.45. The smallest absolute Gasteiger partial charge is 0.00391 e. The first-order valence-electron chi connectivity index (χ1n) is 7.91. The zero-order chi connectivity index (χ0) is 14.0. The summed E-state index contributed by atoms with van der Waals surface area (Å²) in [6, 6.07) is 0.671. The second kappa shape index (κ2) is 10.8. The van der Waals surface area contributed by atoms with Crippen LogP contribution in [0.4, 0.5) is 0 Å². The maximum atomic E-state index is 3.57. The van der Waals surface area contributed by atoms with E-state index in [-0.39, 0.29) is 0 Å². The molecule has 0 aromatic heterocycles. The number of hydrogen-bond acceptors (Lipinski definition) is 2. The molecule has 0 heterocycles. The fraction of sp³-hybridized carbons (Fsp3) is 1.00. The second-order valence-electron chi connectivity index (χ2n) is 6.54. The molecule has 0 saturated heterocycles. The lowest BCUT2D eigenvalue weighted by Crippen LogP contribution is -2.33. The highest BCUT2D eigenvalue weighted by Gasteiger charge is 2.10. The van der Waals surface area contributed by atoms with Crippen LogP contribution in [-0.4, -0.2) is 37.1 Å². The van der Waals surface area contributed by atoms with Crippen molar-refractivity contribution < 1.29 is 0 Å². The van der Waals surface area contributed by atoms with E-state index in [0.717, 1.165) is 18.4 Å². The summed E-state index contributed by atoms with van der Waals surface area (Å²) < 4.78 is 0. The Hall–Kier alpha value is -0.0800. The van der Waals surface area contributed by atoms with Gasteiger partial charge in [-0.05, 0) is 51.1 Å². The van der Waals surface area contributed by atoms with Gasteiger partial charge >= 0.3 is 0 Å². The van der Waals surface area contributed by atoms with E-state index in [1.807, 2.05) is 0 Å². The molecule has 1 unspecified atom stereocenters. The predicted octanol–water partition coefficient (Wildman–Crippen LogP) is 3.77. The van der Waals surface area contributed by atoms with Gasteiger partial charge in [-0.15, -0.1) is 0 Å². The molecule has 0 spiro atoms. The highest BCUT2D eigenvalue weighted by atomic mass is 15.1. The molecule has 2 heteroatoms. The molecule has 1 N–H and O–H groups in total. The average Bonchev–Trinajstić information content (AvgIpc) is 2.24. The minimum absolute atomic E-state index is 0.671. The van der Waals surface area contributed by atoms with Gasteiger partial charge in [-0.3, -0.25) is 0 Å². The minimum Gasteiger partial charge on any atom is -0.314 e. The van der Waals surface area contributed by atoms with E-state index in [1.54, 1.807) is 0 Å². The number of hydrogen-bond donors (Lipinski definition) is 1. The van der Waals surface area contributed by atoms with Gasteiger partial charge in [0, 0.05) is 19.1 Å². The molecule has 0 aliphatic heterocycles. The van der Waals surface area contributed by atoms with E-state index in [2.05, 4.69) is 51.8 Å². The molecule has 0 aliphatic rings. The SMILES string of the molecule is CCCNC(C)CCCN(CC(C)C)CC(C)C. The highest BCUT2D eigenvalue weighted by Crippen LogP contribution is 2.06. The Morgan fingerprint density at radius 3 is 1.94 bits per heavy atom. The Labute approximate surface area is 116 Å². The molecule has 0 aromatic carbocycles. The fourth-order valence-electron chi connectivity index (χ4n) is 2.40. The summed E-state index contributed by atoms with van der Waals surface area (Å²) in [5, 5.41) is 3.57. The van der Waals surface area contributed by atoms with Crippen LogP contribution < -0.4 is 5.32 Å². The summed E-state index contributed by atoms with van der Waals surface area (Å²) in [4.78, 5) is 2.64. The quantitative estimate of drug-likeness (QED) is 0.605. The van der Waals surface area contributed by atoms with E-state index in [4.69, 9.17) is 0 Å². The number of rotatable bonds is 11. The molecule has 0 amide bonds. The van der Waals surface area contributed by atoms with E-state index in [1.165, 1.54) is 38.9 Å². The van der Waals surface area contributed by atoms with Crippen LogP contribution >= 0.6 is 0 Å². The normalized spacial score (nSPS) is 13.8. The zero-order valence-electron chi connectivity index (χ0n) is 13.6. The van der Waals surface area contributed by atoms with Gasteiger partial charge < -0.3 is 10.2 Å². The maximum Gasteiger partial charge on any atom is 0.00391 e. The lowest BCUT2D eigenvalue weighted by molar-refractivity contribution is 0.213. The van der Waals surface area contributed by atoms with Gasteiger partial charge in [0.25, 0.3) is 0 Å². The summed E-state index contributed by atoms with van der Waals surface area (Å²) in [6.07, 6.45) is 3.85. The molecule has 0 bridgehead atoms. The van der Waals surface area contributed by atoms with Gasteiger partial charge in [-0.1, -0.05) is 34.6 Å². The van der Waals surface area contributed by atoms with Gasteiger partial charge in [0.05, 0.1) is 0 Å². The summed E-state index contributed by atoms with van der Waals surface area (Å²) in [5.74, 6) is 1.55. The Morgan fingerprint density at radius 1 is 0.944 bits per heavy atom. The lowest BCUT2D eigenvalue weighted by atomic mass is 10.1. The number of nitrogens with one attached hydrogen (secondary N) is 1. The van der Waals surface area contributed by atoms with Crippen molar-refractivity contribution in [2.24, 2.45) is 11.8 Å². The van der Waals surface area contributed by atoms with E-state index in [9.17, 15) is 0 Å². The average molecular weight is 256 g/mol. The van der Waals surface area contributed by atoms with Crippen LogP contribution in [0.1, 0.15) is 60.8 Å². The molecular weight excluding hydrogens is 220 g/mol. The summed E-state index contributed by atoms with van der Waals surface area (Å²) >= 11 is 0. The van der Waals surface area contributed by atoms with Crippen LogP contribution in [0.3, 0.4) is 0 Å². The zero-order valence-corrected chi connectivity index (χ0v) is 13.6. The maximum absolute atomic E-state index is 3.57. The van der Waals surface area contributed by atoms with Crippen LogP contribution in [0, 0.1) is 11.8 Å². The van der Waals surface area contributed by atoms with Gasteiger partial charge in [-0.25, -0.2) is 0 Å². The Bertz CT molecular complexity index is 168. The first-order valence-corrected chi connectivity index (χ1v) is 7.91. The van der Waals surface area contributed by atoms with Crippen molar-refractivity contribution in [3.63, 3.8) is 0 Å². The fourth-order valence-corrected chi connectivity index (χ4v) is 2.40. The van der Waals surface area contributed by atoms with E-state index >= 15 is 0 Å². The summed E-state index contributed by atoms with van der Waals surface area (Å²) in [6.45, 7) is 18.7. The van der Waals surface area contributed by atoms with E-state index in [0.29, 0.717) is 6.04 Å². The first kappa shape index (κ1) is 17.9. The third-order valence-corrected chi connectivity index (χ3v) is 3.10. The molecule has 18 heavy (non-hydrogen) atoms. The molecular formula is C16H36N2. The Balaban J connectivity index is 3.80. The standard InChI is InChI=1S/C16H36N2/c1-7-10-17-16(6)9-8-11-18(12-14(2)3)13-15(4)5/h14-17H,7-13H2,1-6H3. The van der Waals surface area contributed by atoms with Crippen molar-refractivity contribution in [2.45, 2.75) is 66.8 Å². The molecule has 0 aromatic rings. The molecule has 2 nitrogen and oxygen atoms in total. The molecule has 0 aliphatic carbocycles. The van der Waals surface area contributed by atoms with Crippen molar-refractivity contribution in [2.75, 3.05) is 26.2 Å². The monoisotopic (exact) mass is 256 g/mol. The third kappa shape index (κ3) is 11.0. The highest BCUT2D eigenvalue weighted by molar-refractivity contribution is 4.66. The summed E-state index contributed by atoms with van der Waals surface area (Å²) in [5.41, 5.74) is 0. The molecule has 0 radical (unpaired) electrons. The molecule has 110 valence electrons. The van der Waals surface area contributed by atoms with Crippen LogP contribution in [0.5, 0.6) is 0 Å². The Morgan fingerprint density at radius 2 is 1.50 bits per heavy atom. The lowest BCUT2D eigenvalue weighted by Gasteiger charge is -2.26. The van der Waals surface area contributed by atoms with Crippen LogP contribution in [0.25, 0.3) is 0 Å². The van der Waals surface area contributed by atoms with Gasteiger partial charge in [0.2, 0.25) is 0 Å². The van der Waals surface area contributed by atoms with Crippen molar-refractivity contribution in [3.8, 4) is 0 Å². The predicted molar refractivity (Wildman–Crippen MR) is 83.1 cm³/mol. The molecule has 1 atom stereocenters. The topological polar surface area (TPSA) is 15.3 Å². The summed E-state index contributed by atoms with van der Waals surface area (Å²) in [7, 11) is 0. The van der Waals surface area contributed by atoms with E-state index < -0.39 is 0 Å². The third-order valence-electron chi connectivity index (χ3n) is 3.10. The Kier molecular flexibility index (Phi) is 10.8. The van der Waals surface area contributed by atoms with Crippen molar-refractivity contribution >= 4 is 0 Å². The minimum atomic E-state index is 0.671. The van der Waals surface area contributed by atoms with Crippen LogP contribution in [-0.2, 0) is 0 Å². The van der Waals surface area contributed by atoms with Crippen molar-refractivity contribution in [1.29, 1.82) is 0 Å². The van der Waals surface area contributed by atoms with Crippen LogP contribution in [0.2, 0.25) is 0 Å². The van der Waals surface area contributed by atoms with Gasteiger partial charge in [-0.2, -0.15) is 0 Å². The molecule has 0 fully saturated rings. The largest absolute Gasteiger partial charge is 0.314 e. The van der Waals surface area contributed by atoms with Gasteiger partial charge in [0.15, 0.2) is 0 Å².